The number of hydrogen-bond donors (Lipinski definition) is 1. The molecule has 0 aromatic rings. The topological polar surface area (TPSA) is 21.3 Å². The van der Waals surface area contributed by atoms with E-state index in [1.54, 1.807) is 0 Å². The molecule has 2 heteroatoms. The van der Waals surface area contributed by atoms with Crippen LogP contribution in [0.4, 0.5) is 0 Å². The van der Waals surface area contributed by atoms with E-state index in [2.05, 4.69) is 39.9 Å². The molecule has 0 bridgehead atoms. The van der Waals surface area contributed by atoms with Crippen molar-refractivity contribution in [1.82, 2.24) is 5.32 Å². The van der Waals surface area contributed by atoms with Crippen LogP contribution in [0, 0.1) is 5.41 Å². The quantitative estimate of drug-likeness (QED) is 0.795. The van der Waals surface area contributed by atoms with Crippen LogP contribution >= 0.6 is 0 Å². The van der Waals surface area contributed by atoms with Gasteiger partial charge in [0.15, 0.2) is 0 Å². The standard InChI is InChI=1S/C14H29NO/c1-13(2,3)11-14(4,5)15-10-12-8-6-7-9-16-12/h12,15H,6-11H2,1-5H3. The smallest absolute Gasteiger partial charge is 0.0699 e. The average molecular weight is 227 g/mol. The minimum Gasteiger partial charge on any atom is -0.377 e. The third-order valence-corrected chi connectivity index (χ3v) is 3.05. The lowest BCUT2D eigenvalue weighted by Crippen LogP contribution is -2.46. The highest BCUT2D eigenvalue weighted by molar-refractivity contribution is 4.84. The van der Waals surface area contributed by atoms with Gasteiger partial charge in [-0.3, -0.25) is 0 Å². The van der Waals surface area contributed by atoms with E-state index in [-0.39, 0.29) is 5.54 Å². The van der Waals surface area contributed by atoms with Crippen molar-refractivity contribution in [2.45, 2.75) is 71.9 Å². The molecule has 1 atom stereocenters. The molecule has 1 fully saturated rings. The molecule has 1 saturated heterocycles. The molecular formula is C14H29NO. The molecule has 1 rings (SSSR count). The SMILES string of the molecule is CC(C)(C)CC(C)(C)NCC1CCCCO1. The van der Waals surface area contributed by atoms with Crippen LogP contribution in [-0.4, -0.2) is 24.8 Å². The minimum atomic E-state index is 0.207. The third-order valence-electron chi connectivity index (χ3n) is 3.05. The first-order valence-electron chi connectivity index (χ1n) is 6.65. The van der Waals surface area contributed by atoms with Crippen molar-refractivity contribution in [1.29, 1.82) is 0 Å². The average Bonchev–Trinajstić information content (AvgIpc) is 2.13. The summed E-state index contributed by atoms with van der Waals surface area (Å²) < 4.78 is 5.74. The molecule has 0 aliphatic carbocycles. The first-order chi connectivity index (χ1) is 7.29. The van der Waals surface area contributed by atoms with Crippen LogP contribution in [0.25, 0.3) is 0 Å². The molecule has 96 valence electrons. The summed E-state index contributed by atoms with van der Waals surface area (Å²) in [7, 11) is 0. The summed E-state index contributed by atoms with van der Waals surface area (Å²) in [5.74, 6) is 0. The van der Waals surface area contributed by atoms with Crippen LogP contribution in [0.1, 0.15) is 60.3 Å². The van der Waals surface area contributed by atoms with Gasteiger partial charge >= 0.3 is 0 Å². The summed E-state index contributed by atoms with van der Waals surface area (Å²) in [6.45, 7) is 13.4. The Morgan fingerprint density at radius 2 is 1.81 bits per heavy atom. The van der Waals surface area contributed by atoms with Crippen LogP contribution in [0.15, 0.2) is 0 Å². The molecule has 0 aromatic heterocycles. The van der Waals surface area contributed by atoms with Crippen LogP contribution in [0.3, 0.4) is 0 Å². The molecule has 0 saturated carbocycles. The highest BCUT2D eigenvalue weighted by Gasteiger charge is 2.26. The van der Waals surface area contributed by atoms with Crippen LogP contribution < -0.4 is 5.32 Å². The van der Waals surface area contributed by atoms with Crippen molar-refractivity contribution in [3.8, 4) is 0 Å². The second-order valence-corrected chi connectivity index (χ2v) is 6.99. The lowest BCUT2D eigenvalue weighted by Gasteiger charge is -2.35. The van der Waals surface area contributed by atoms with Gasteiger partial charge in [0.05, 0.1) is 6.10 Å². The molecule has 1 heterocycles. The zero-order chi connectivity index (χ0) is 12.2. The zero-order valence-electron chi connectivity index (χ0n) is 11.7. The van der Waals surface area contributed by atoms with Gasteiger partial charge in [-0.2, -0.15) is 0 Å². The molecule has 2 nitrogen and oxygen atoms in total. The molecule has 0 radical (unpaired) electrons. The normalized spacial score (nSPS) is 23.4. The van der Waals surface area contributed by atoms with Gasteiger partial charge in [0.2, 0.25) is 0 Å². The fourth-order valence-corrected chi connectivity index (χ4v) is 2.75. The van der Waals surface area contributed by atoms with Gasteiger partial charge in [-0.25, -0.2) is 0 Å². The Labute approximate surface area is 101 Å². The molecule has 1 unspecified atom stereocenters. The van der Waals surface area contributed by atoms with Crippen LogP contribution in [0.2, 0.25) is 0 Å². The summed E-state index contributed by atoms with van der Waals surface area (Å²) in [4.78, 5) is 0. The van der Waals surface area contributed by atoms with Gasteiger partial charge < -0.3 is 10.1 Å². The number of ether oxygens (including phenoxy) is 1. The summed E-state index contributed by atoms with van der Waals surface area (Å²) in [6, 6.07) is 0. The maximum atomic E-state index is 5.74. The second-order valence-electron chi connectivity index (χ2n) is 6.99. The Hall–Kier alpha value is -0.0800. The van der Waals surface area contributed by atoms with Crippen molar-refractivity contribution in [2.75, 3.05) is 13.2 Å². The van der Waals surface area contributed by atoms with Gasteiger partial charge in [-0.1, -0.05) is 20.8 Å². The highest BCUT2D eigenvalue weighted by atomic mass is 16.5. The Kier molecular flexibility index (Phi) is 4.81. The lowest BCUT2D eigenvalue weighted by molar-refractivity contribution is 0.0116. The largest absolute Gasteiger partial charge is 0.377 e. The van der Waals surface area contributed by atoms with Gasteiger partial charge in [-0.05, 0) is 44.9 Å². The molecule has 1 aliphatic heterocycles. The first kappa shape index (κ1) is 14.0. The summed E-state index contributed by atoms with van der Waals surface area (Å²) in [5.41, 5.74) is 0.586. The van der Waals surface area contributed by atoms with Crippen molar-refractivity contribution < 1.29 is 4.74 Å². The van der Waals surface area contributed by atoms with E-state index in [1.165, 1.54) is 25.7 Å². The Balaban J connectivity index is 2.29. The van der Waals surface area contributed by atoms with E-state index in [0.29, 0.717) is 11.5 Å². The van der Waals surface area contributed by atoms with Gasteiger partial charge in [0, 0.05) is 18.7 Å². The third kappa shape index (κ3) is 5.86. The maximum absolute atomic E-state index is 5.74. The van der Waals surface area contributed by atoms with Gasteiger partial charge in [-0.15, -0.1) is 0 Å². The lowest BCUT2D eigenvalue weighted by atomic mass is 9.81. The number of hydrogen-bond acceptors (Lipinski definition) is 2. The highest BCUT2D eigenvalue weighted by Crippen LogP contribution is 2.27. The molecule has 0 spiro atoms. The van der Waals surface area contributed by atoms with Gasteiger partial charge in [0.1, 0.15) is 0 Å². The van der Waals surface area contributed by atoms with Crippen molar-refractivity contribution in [2.24, 2.45) is 5.41 Å². The summed E-state index contributed by atoms with van der Waals surface area (Å²) in [5, 5.41) is 3.66. The van der Waals surface area contributed by atoms with E-state index >= 15 is 0 Å². The minimum absolute atomic E-state index is 0.207. The van der Waals surface area contributed by atoms with Crippen molar-refractivity contribution >= 4 is 0 Å². The molecule has 1 aliphatic rings. The molecule has 16 heavy (non-hydrogen) atoms. The molecule has 0 aromatic carbocycles. The van der Waals surface area contributed by atoms with E-state index < -0.39 is 0 Å². The van der Waals surface area contributed by atoms with E-state index in [9.17, 15) is 0 Å². The molecule has 1 N–H and O–H groups in total. The van der Waals surface area contributed by atoms with E-state index in [1.807, 2.05) is 0 Å². The number of rotatable bonds is 4. The Morgan fingerprint density at radius 1 is 1.12 bits per heavy atom. The van der Waals surface area contributed by atoms with Crippen molar-refractivity contribution in [3.63, 3.8) is 0 Å². The second kappa shape index (κ2) is 5.50. The fraction of sp³-hybridized carbons (Fsp3) is 1.00. The summed E-state index contributed by atoms with van der Waals surface area (Å²) >= 11 is 0. The first-order valence-corrected chi connectivity index (χ1v) is 6.65. The van der Waals surface area contributed by atoms with E-state index in [4.69, 9.17) is 4.74 Å². The summed E-state index contributed by atoms with van der Waals surface area (Å²) in [6.07, 6.45) is 5.41. The Bertz CT molecular complexity index is 199. The van der Waals surface area contributed by atoms with E-state index in [0.717, 1.165) is 13.2 Å². The predicted octanol–water partition coefficient (Wildman–Crippen LogP) is 3.36. The fourth-order valence-electron chi connectivity index (χ4n) is 2.75. The molecular weight excluding hydrogens is 198 g/mol. The van der Waals surface area contributed by atoms with Crippen molar-refractivity contribution in [3.05, 3.63) is 0 Å². The van der Waals surface area contributed by atoms with Crippen LogP contribution in [0.5, 0.6) is 0 Å². The zero-order valence-corrected chi connectivity index (χ0v) is 11.7. The molecule has 0 amide bonds. The number of nitrogens with one attached hydrogen (secondary N) is 1. The van der Waals surface area contributed by atoms with Gasteiger partial charge in [0.25, 0.3) is 0 Å². The maximum Gasteiger partial charge on any atom is 0.0699 e. The predicted molar refractivity (Wildman–Crippen MR) is 69.7 cm³/mol. The monoisotopic (exact) mass is 227 g/mol. The Morgan fingerprint density at radius 3 is 2.31 bits per heavy atom. The van der Waals surface area contributed by atoms with Crippen LogP contribution in [-0.2, 0) is 4.74 Å².